The van der Waals surface area contributed by atoms with Gasteiger partial charge in [-0.25, -0.2) is 0 Å². The summed E-state index contributed by atoms with van der Waals surface area (Å²) < 4.78 is 27.6. The highest BCUT2D eigenvalue weighted by Gasteiger charge is 2.49. The second-order valence-electron chi connectivity index (χ2n) is 14.3. The first-order chi connectivity index (χ1) is 26.8. The van der Waals surface area contributed by atoms with Crippen molar-refractivity contribution in [3.8, 4) is 23.0 Å². The van der Waals surface area contributed by atoms with E-state index in [1.54, 1.807) is 0 Å². The zero-order valence-electron chi connectivity index (χ0n) is 28.7. The molecule has 0 spiro atoms. The van der Waals surface area contributed by atoms with E-state index in [1.807, 2.05) is 12.1 Å². The number of nitrogens with zero attached hydrogens (tertiary/aromatic N) is 2. The summed E-state index contributed by atoms with van der Waals surface area (Å²) in [7, 11) is 0. The Morgan fingerprint density at radius 3 is 1.31 bits per heavy atom. The van der Waals surface area contributed by atoms with Gasteiger partial charge in [-0.05, 0) is 83.7 Å². The molecule has 0 radical (unpaired) electrons. The number of anilines is 6. The minimum absolute atomic E-state index is 0.219. The molecule has 0 saturated carbocycles. The molecule has 7 aromatic carbocycles. The van der Waals surface area contributed by atoms with Crippen molar-refractivity contribution in [3.63, 3.8) is 0 Å². The number of benzene rings is 7. The molecule has 0 fully saturated rings. The summed E-state index contributed by atoms with van der Waals surface area (Å²) in [6.07, 6.45) is 0. The van der Waals surface area contributed by atoms with Crippen molar-refractivity contribution >= 4 is 103 Å². The monoisotopic (exact) mass is 692 g/mol. The van der Waals surface area contributed by atoms with Gasteiger partial charge in [0.1, 0.15) is 34.2 Å². The molecule has 6 heterocycles. The number of hydrogen-bond acceptors (Lipinski definition) is 6. The lowest BCUT2D eigenvalue weighted by molar-refractivity contribution is 0.465. The van der Waals surface area contributed by atoms with E-state index >= 15 is 0 Å². The molecule has 13 rings (SSSR count). The number of para-hydroxylation sites is 4. The third kappa shape index (κ3) is 3.62. The predicted octanol–water partition coefficient (Wildman–Crippen LogP) is 7.99. The molecular weight excluding hydrogens is 666 g/mol. The van der Waals surface area contributed by atoms with Crippen molar-refractivity contribution < 1.29 is 18.3 Å². The molecule has 9 aromatic rings. The Morgan fingerprint density at radius 2 is 0.833 bits per heavy atom. The van der Waals surface area contributed by atoms with E-state index in [-0.39, 0.29) is 13.4 Å². The number of rotatable bonds is 2. The Morgan fingerprint density at radius 1 is 0.389 bits per heavy atom. The standard InChI is InChI=1S/C46H26B2N2O4/c1-3-13-27(14-4-1)49-33-19-11-23-37-41(33)47(45-43(49)29-17-7-9-21-35(29)53-45)31-25-32-40(26-39(31)51-37)52-38-24-12-20-34-42(38)48(32)46-44(30-18-8-10-22-36(30)54-46)50(34)28-15-5-2-6-16-28/h1-26H. The average molecular weight is 692 g/mol. The van der Waals surface area contributed by atoms with E-state index in [1.165, 1.54) is 0 Å². The Labute approximate surface area is 310 Å². The van der Waals surface area contributed by atoms with Crippen LogP contribution in [-0.4, -0.2) is 13.4 Å². The number of hydrogen-bond donors (Lipinski definition) is 0. The van der Waals surface area contributed by atoms with Crippen LogP contribution < -0.4 is 52.4 Å². The van der Waals surface area contributed by atoms with Crippen LogP contribution in [0.2, 0.25) is 0 Å². The maximum absolute atomic E-state index is 6.94. The SMILES string of the molecule is c1ccc(N2c3cccc4c3B(c3cc5c(cc3O4)Oc3cccc4c3B5c3oc5ccccc5c3N4c3ccccc3)c3oc4ccccc4c32)cc1. The van der Waals surface area contributed by atoms with Gasteiger partial charge in [-0.1, -0.05) is 78.9 Å². The lowest BCUT2D eigenvalue weighted by Gasteiger charge is -2.39. The fourth-order valence-electron chi connectivity index (χ4n) is 9.41. The van der Waals surface area contributed by atoms with Crippen LogP contribution in [-0.2, 0) is 0 Å². The normalized spacial score (nSPS) is 14.1. The van der Waals surface area contributed by atoms with Gasteiger partial charge in [0.25, 0.3) is 0 Å². The summed E-state index contributed by atoms with van der Waals surface area (Å²) >= 11 is 0. The highest BCUT2D eigenvalue weighted by Crippen LogP contribution is 2.47. The fraction of sp³-hybridized carbons (Fsp3) is 0. The van der Waals surface area contributed by atoms with Crippen LogP contribution in [0.1, 0.15) is 0 Å². The number of ether oxygens (including phenoxy) is 2. The highest BCUT2D eigenvalue weighted by molar-refractivity contribution is 7.01. The molecule has 0 saturated heterocycles. The summed E-state index contributed by atoms with van der Waals surface area (Å²) in [6, 6.07) is 54.8. The quantitative estimate of drug-likeness (QED) is 0.171. The van der Waals surface area contributed by atoms with Crippen molar-refractivity contribution in [2.75, 3.05) is 9.80 Å². The van der Waals surface area contributed by atoms with Gasteiger partial charge < -0.3 is 28.1 Å². The Kier molecular flexibility index (Phi) is 5.44. The molecule has 250 valence electrons. The lowest BCUT2D eigenvalue weighted by Crippen LogP contribution is -2.62. The van der Waals surface area contributed by atoms with Crippen LogP contribution in [0.15, 0.2) is 167 Å². The zero-order chi connectivity index (χ0) is 35.1. The second-order valence-corrected chi connectivity index (χ2v) is 14.3. The van der Waals surface area contributed by atoms with Crippen molar-refractivity contribution in [2.24, 2.45) is 0 Å². The van der Waals surface area contributed by atoms with Crippen molar-refractivity contribution in [1.82, 2.24) is 0 Å². The number of fused-ring (bicyclic) bond motifs is 12. The summed E-state index contributed by atoms with van der Waals surface area (Å²) in [5.41, 5.74) is 14.1. The molecule has 6 nitrogen and oxygen atoms in total. The van der Waals surface area contributed by atoms with Gasteiger partial charge in [0, 0.05) is 50.5 Å². The largest absolute Gasteiger partial charge is 0.468 e. The molecule has 0 bridgehead atoms. The summed E-state index contributed by atoms with van der Waals surface area (Å²) in [5, 5.41) is 2.14. The molecule has 2 aromatic heterocycles. The molecule has 0 unspecified atom stereocenters. The first kappa shape index (κ1) is 28.5. The maximum Gasteiger partial charge on any atom is 0.301 e. The molecule has 4 aliphatic rings. The first-order valence-electron chi connectivity index (χ1n) is 18.3. The topological polar surface area (TPSA) is 51.2 Å². The predicted molar refractivity (Wildman–Crippen MR) is 218 cm³/mol. The second kappa shape index (κ2) is 10.3. The molecule has 0 amide bonds. The van der Waals surface area contributed by atoms with Crippen LogP contribution in [0.4, 0.5) is 34.1 Å². The van der Waals surface area contributed by atoms with E-state index < -0.39 is 0 Å². The molecule has 4 aliphatic heterocycles. The number of furan rings is 2. The maximum atomic E-state index is 6.94. The summed E-state index contributed by atoms with van der Waals surface area (Å²) in [4.78, 5) is 4.66. The zero-order valence-corrected chi connectivity index (χ0v) is 28.7. The first-order valence-corrected chi connectivity index (χ1v) is 18.3. The lowest BCUT2D eigenvalue weighted by atomic mass is 9.33. The molecule has 0 atom stereocenters. The van der Waals surface area contributed by atoms with Gasteiger partial charge in [0.05, 0.1) is 22.7 Å². The van der Waals surface area contributed by atoms with Crippen molar-refractivity contribution in [3.05, 3.63) is 158 Å². The summed E-state index contributed by atoms with van der Waals surface area (Å²) in [6.45, 7) is -0.437. The van der Waals surface area contributed by atoms with E-state index in [0.29, 0.717) is 0 Å². The van der Waals surface area contributed by atoms with Crippen LogP contribution in [0, 0.1) is 0 Å². The van der Waals surface area contributed by atoms with Gasteiger partial charge in [-0.2, -0.15) is 0 Å². The van der Waals surface area contributed by atoms with Crippen molar-refractivity contribution in [1.29, 1.82) is 0 Å². The van der Waals surface area contributed by atoms with E-state index in [9.17, 15) is 0 Å². The van der Waals surface area contributed by atoms with Crippen LogP contribution in [0.25, 0.3) is 21.9 Å². The Bertz CT molecular complexity index is 2850. The Balaban J connectivity index is 1.08. The molecule has 54 heavy (non-hydrogen) atoms. The molecule has 8 heteroatoms. The molecule has 0 N–H and O–H groups in total. The smallest absolute Gasteiger partial charge is 0.301 e. The average Bonchev–Trinajstić information content (AvgIpc) is 3.80. The molecule has 0 aliphatic carbocycles. The van der Waals surface area contributed by atoms with Gasteiger partial charge in [-0.3, -0.25) is 0 Å². The third-order valence-corrected chi connectivity index (χ3v) is 11.5. The van der Waals surface area contributed by atoms with Gasteiger partial charge in [0.2, 0.25) is 0 Å². The van der Waals surface area contributed by atoms with Gasteiger partial charge >= 0.3 is 13.4 Å². The van der Waals surface area contributed by atoms with E-state index in [2.05, 4.69) is 155 Å². The van der Waals surface area contributed by atoms with Gasteiger partial charge in [0.15, 0.2) is 0 Å². The van der Waals surface area contributed by atoms with Gasteiger partial charge in [-0.15, -0.1) is 0 Å². The van der Waals surface area contributed by atoms with Crippen LogP contribution in [0.3, 0.4) is 0 Å². The minimum atomic E-state index is -0.219. The van der Waals surface area contributed by atoms with Crippen molar-refractivity contribution in [2.45, 2.75) is 0 Å². The van der Waals surface area contributed by atoms with Crippen LogP contribution >= 0.6 is 0 Å². The highest BCUT2D eigenvalue weighted by atomic mass is 16.5. The Hall–Kier alpha value is -7.05. The van der Waals surface area contributed by atoms with E-state index in [4.69, 9.17) is 18.3 Å². The molecular formula is C46H26B2N2O4. The summed E-state index contributed by atoms with van der Waals surface area (Å²) in [5.74, 6) is 3.14. The minimum Gasteiger partial charge on any atom is -0.468 e. The van der Waals surface area contributed by atoms with Crippen LogP contribution in [0.5, 0.6) is 23.0 Å². The van der Waals surface area contributed by atoms with E-state index in [0.717, 1.165) is 112 Å². The third-order valence-electron chi connectivity index (χ3n) is 11.5. The fourth-order valence-corrected chi connectivity index (χ4v) is 9.41.